The van der Waals surface area contributed by atoms with E-state index in [0.29, 0.717) is 0 Å². The van der Waals surface area contributed by atoms with Gasteiger partial charge >= 0.3 is 0 Å². The molecule has 0 radical (unpaired) electrons. The summed E-state index contributed by atoms with van der Waals surface area (Å²) in [6.07, 6.45) is 0. The predicted molar refractivity (Wildman–Crippen MR) is 36.0 cm³/mol. The van der Waals surface area contributed by atoms with E-state index < -0.39 is 0 Å². The summed E-state index contributed by atoms with van der Waals surface area (Å²) in [7, 11) is 0. The third kappa shape index (κ3) is 1.14. The number of aromatic amines is 1. The molecular weight excluding hydrogens is 138 g/mol. The lowest BCUT2D eigenvalue weighted by atomic mass is 10.7. The van der Waals surface area contributed by atoms with Crippen LogP contribution in [0.15, 0.2) is 0 Å². The molecule has 0 aliphatic heterocycles. The summed E-state index contributed by atoms with van der Waals surface area (Å²) in [4.78, 5) is 3.62. The maximum atomic E-state index is 5.22. The third-order valence-corrected chi connectivity index (χ3v) is 1.03. The van der Waals surface area contributed by atoms with Crippen LogP contribution in [0.3, 0.4) is 0 Å². The van der Waals surface area contributed by atoms with E-state index in [1.807, 2.05) is 0 Å². The summed E-state index contributed by atoms with van der Waals surface area (Å²) in [5.41, 5.74) is 10.4. The van der Waals surface area contributed by atoms with Gasteiger partial charge in [0.15, 0.2) is 10.5 Å². The third-order valence-electron chi connectivity index (χ3n) is 0.732. The van der Waals surface area contributed by atoms with Crippen molar-refractivity contribution in [1.29, 1.82) is 0 Å². The van der Waals surface area contributed by atoms with E-state index in [1.54, 1.807) is 0 Å². The second-order valence-electron chi connectivity index (χ2n) is 1.41. The second kappa shape index (κ2) is 1.98. The van der Waals surface area contributed by atoms with Gasteiger partial charge in [0.1, 0.15) is 0 Å². The molecule has 0 bridgehead atoms. The molecule has 5 nitrogen and oxygen atoms in total. The molecule has 48 valence electrons. The molecular formula is C3H5N5S. The molecule has 0 amide bonds. The van der Waals surface area contributed by atoms with Gasteiger partial charge in [-0.3, -0.25) is 0 Å². The summed E-state index contributed by atoms with van der Waals surface area (Å²) >= 11 is 4.64. The maximum absolute atomic E-state index is 5.22. The summed E-state index contributed by atoms with van der Waals surface area (Å²) < 4.78 is 0.228. The van der Waals surface area contributed by atoms with Gasteiger partial charge in [-0.2, -0.15) is 10.1 Å². The largest absolute Gasteiger partial charge is 0.380 e. The fourth-order valence-corrected chi connectivity index (χ4v) is 0.501. The van der Waals surface area contributed by atoms with Crippen LogP contribution in [0.5, 0.6) is 0 Å². The van der Waals surface area contributed by atoms with Gasteiger partial charge in [-0.1, -0.05) is 12.2 Å². The van der Waals surface area contributed by atoms with Crippen molar-refractivity contribution in [1.82, 2.24) is 15.2 Å². The van der Waals surface area contributed by atoms with Crippen LogP contribution in [0.1, 0.15) is 0 Å². The fourth-order valence-electron chi connectivity index (χ4n) is 0.357. The van der Waals surface area contributed by atoms with Crippen LogP contribution >= 0.6 is 12.2 Å². The van der Waals surface area contributed by atoms with E-state index in [4.69, 9.17) is 11.5 Å². The Bertz CT molecular complexity index is 265. The van der Waals surface area contributed by atoms with Crippen LogP contribution in [-0.4, -0.2) is 15.2 Å². The molecule has 1 aromatic heterocycles. The van der Waals surface area contributed by atoms with Gasteiger partial charge in [0.05, 0.1) is 0 Å². The standard InChI is InChI=1S/C3H5N5S/c4-1-2(9)6-3(5)8-7-1/h(H2,4,7)(H3,5,6,8,9). The number of nitrogens with two attached hydrogens (primary N) is 2. The van der Waals surface area contributed by atoms with Crippen molar-refractivity contribution in [3.63, 3.8) is 0 Å². The Kier molecular flexibility index (Phi) is 1.31. The first-order valence-corrected chi connectivity index (χ1v) is 2.58. The average molecular weight is 143 g/mol. The van der Waals surface area contributed by atoms with Crippen LogP contribution < -0.4 is 11.5 Å². The molecule has 0 aliphatic carbocycles. The Labute approximate surface area is 56.1 Å². The lowest BCUT2D eigenvalue weighted by molar-refractivity contribution is 0.989. The van der Waals surface area contributed by atoms with Crippen molar-refractivity contribution in [2.24, 2.45) is 0 Å². The van der Waals surface area contributed by atoms with E-state index in [-0.39, 0.29) is 16.4 Å². The van der Waals surface area contributed by atoms with Crippen LogP contribution in [0.4, 0.5) is 11.8 Å². The molecule has 6 heteroatoms. The number of nitrogens with one attached hydrogen (secondary N) is 1. The highest BCUT2D eigenvalue weighted by Crippen LogP contribution is 1.95. The lowest BCUT2D eigenvalue weighted by Gasteiger charge is -1.91. The number of aromatic nitrogens is 3. The van der Waals surface area contributed by atoms with Crippen LogP contribution in [0.2, 0.25) is 0 Å². The highest BCUT2D eigenvalue weighted by Gasteiger charge is 1.90. The Balaban J connectivity index is 3.34. The van der Waals surface area contributed by atoms with Crippen LogP contribution in [0, 0.1) is 4.64 Å². The van der Waals surface area contributed by atoms with E-state index in [0.717, 1.165) is 0 Å². The first-order valence-electron chi connectivity index (χ1n) is 2.18. The Hall–Kier alpha value is -1.17. The minimum Gasteiger partial charge on any atom is -0.380 e. The van der Waals surface area contributed by atoms with Crippen LogP contribution in [-0.2, 0) is 0 Å². The minimum absolute atomic E-state index is 0.175. The van der Waals surface area contributed by atoms with Crippen molar-refractivity contribution >= 4 is 24.0 Å². The van der Waals surface area contributed by atoms with Gasteiger partial charge in [0, 0.05) is 0 Å². The van der Waals surface area contributed by atoms with Crippen molar-refractivity contribution in [3.05, 3.63) is 4.64 Å². The molecule has 1 aromatic rings. The summed E-state index contributed by atoms with van der Waals surface area (Å²) in [6, 6.07) is 0. The molecule has 0 saturated carbocycles. The SMILES string of the molecule is Nc1nc(=S)c(N)n[nH]1. The lowest BCUT2D eigenvalue weighted by Crippen LogP contribution is -2.01. The Morgan fingerprint density at radius 3 is 2.56 bits per heavy atom. The van der Waals surface area contributed by atoms with E-state index in [9.17, 15) is 0 Å². The molecule has 0 atom stereocenters. The van der Waals surface area contributed by atoms with E-state index in [1.165, 1.54) is 0 Å². The molecule has 9 heavy (non-hydrogen) atoms. The number of nitrogens with zero attached hydrogens (tertiary/aromatic N) is 2. The number of hydrogen-bond acceptors (Lipinski definition) is 5. The van der Waals surface area contributed by atoms with Crippen molar-refractivity contribution in [2.75, 3.05) is 11.5 Å². The zero-order chi connectivity index (χ0) is 6.85. The van der Waals surface area contributed by atoms with Gasteiger partial charge < -0.3 is 11.5 Å². The normalized spacial score (nSPS) is 9.33. The molecule has 0 aromatic carbocycles. The first kappa shape index (κ1) is 5.96. The van der Waals surface area contributed by atoms with Crippen molar-refractivity contribution < 1.29 is 0 Å². The predicted octanol–water partition coefficient (Wildman–Crippen LogP) is -0.301. The maximum Gasteiger partial charge on any atom is 0.215 e. The zero-order valence-corrected chi connectivity index (χ0v) is 5.27. The Morgan fingerprint density at radius 2 is 2.11 bits per heavy atom. The Morgan fingerprint density at radius 1 is 1.44 bits per heavy atom. The fraction of sp³-hybridized carbons (Fsp3) is 0. The molecule has 0 saturated heterocycles. The molecule has 1 rings (SSSR count). The first-order chi connectivity index (χ1) is 4.20. The highest BCUT2D eigenvalue weighted by molar-refractivity contribution is 7.71. The number of anilines is 2. The molecule has 0 unspecified atom stereocenters. The van der Waals surface area contributed by atoms with Gasteiger partial charge in [-0.25, -0.2) is 5.10 Å². The van der Waals surface area contributed by atoms with Crippen molar-refractivity contribution in [2.45, 2.75) is 0 Å². The van der Waals surface area contributed by atoms with Gasteiger partial charge in [0.2, 0.25) is 5.95 Å². The summed E-state index contributed by atoms with van der Waals surface area (Å²) in [6.45, 7) is 0. The van der Waals surface area contributed by atoms with E-state index >= 15 is 0 Å². The molecule has 1 heterocycles. The molecule has 0 spiro atoms. The molecule has 5 N–H and O–H groups in total. The monoisotopic (exact) mass is 143 g/mol. The smallest absolute Gasteiger partial charge is 0.215 e. The number of nitrogen functional groups attached to an aromatic ring is 2. The van der Waals surface area contributed by atoms with Gasteiger partial charge in [0.25, 0.3) is 0 Å². The summed E-state index contributed by atoms with van der Waals surface area (Å²) in [5.74, 6) is 0.369. The van der Waals surface area contributed by atoms with Crippen molar-refractivity contribution in [3.8, 4) is 0 Å². The number of hydrogen-bond donors (Lipinski definition) is 3. The average Bonchev–Trinajstić information content (AvgIpc) is 1.80. The number of rotatable bonds is 0. The topological polar surface area (TPSA) is 93.6 Å². The minimum atomic E-state index is 0.175. The highest BCUT2D eigenvalue weighted by atomic mass is 32.1. The second-order valence-corrected chi connectivity index (χ2v) is 1.80. The van der Waals surface area contributed by atoms with Gasteiger partial charge in [-0.05, 0) is 0 Å². The van der Waals surface area contributed by atoms with Gasteiger partial charge in [-0.15, -0.1) is 0 Å². The van der Waals surface area contributed by atoms with E-state index in [2.05, 4.69) is 27.4 Å². The number of H-pyrrole nitrogens is 1. The molecule has 0 aliphatic rings. The quantitative estimate of drug-likeness (QED) is 0.433. The summed E-state index contributed by atoms with van der Waals surface area (Å²) in [5, 5.41) is 5.90. The van der Waals surface area contributed by atoms with Crippen LogP contribution in [0.25, 0.3) is 0 Å². The zero-order valence-electron chi connectivity index (χ0n) is 4.46. The molecule has 0 fully saturated rings.